The van der Waals surface area contributed by atoms with Crippen LogP contribution in [0.25, 0.3) is 0 Å². The number of nitrogens with one attached hydrogen (secondary N) is 1. The highest BCUT2D eigenvalue weighted by molar-refractivity contribution is 8.01. The molecule has 0 aliphatic carbocycles. The second-order valence-electron chi connectivity index (χ2n) is 3.78. The first kappa shape index (κ1) is 12.7. The van der Waals surface area contributed by atoms with Gasteiger partial charge in [0.05, 0.1) is 23.3 Å². The molecule has 0 fully saturated rings. The van der Waals surface area contributed by atoms with Crippen molar-refractivity contribution in [1.29, 1.82) is 0 Å². The maximum Gasteiger partial charge on any atom is 0.297 e. The lowest BCUT2D eigenvalue weighted by Crippen LogP contribution is -2.28. The fourth-order valence-electron chi connectivity index (χ4n) is 1.74. The second-order valence-corrected chi connectivity index (χ2v) is 5.03. The highest BCUT2D eigenvalue weighted by atomic mass is 32.2. The normalized spacial score (nSPS) is 17.9. The van der Waals surface area contributed by atoms with Crippen molar-refractivity contribution in [1.82, 2.24) is 0 Å². The fraction of sp³-hybridized carbons (Fsp3) is 0.364. The lowest BCUT2D eigenvalue weighted by atomic mass is 10.2. The third-order valence-corrected chi connectivity index (χ3v) is 4.08. The number of nitrogens with zero attached hydrogens (tertiary/aromatic N) is 1. The molecule has 6 nitrogen and oxygen atoms in total. The number of carbonyl (C=O) groups excluding carboxylic acids is 1. The Morgan fingerprint density at radius 1 is 1.56 bits per heavy atom. The zero-order valence-electron chi connectivity index (χ0n) is 9.93. The average Bonchev–Trinajstić information content (AvgIpc) is 2.36. The van der Waals surface area contributed by atoms with E-state index in [4.69, 9.17) is 4.74 Å². The Bertz CT molecular complexity index is 518. The van der Waals surface area contributed by atoms with E-state index < -0.39 is 4.92 Å². The van der Waals surface area contributed by atoms with Gasteiger partial charge in [0, 0.05) is 4.90 Å². The smallest absolute Gasteiger partial charge is 0.297 e. The van der Waals surface area contributed by atoms with E-state index in [1.807, 2.05) is 6.92 Å². The summed E-state index contributed by atoms with van der Waals surface area (Å²) in [5, 5.41) is 13.4. The molecule has 18 heavy (non-hydrogen) atoms. The van der Waals surface area contributed by atoms with Gasteiger partial charge < -0.3 is 10.1 Å². The first-order valence-electron chi connectivity index (χ1n) is 5.40. The quantitative estimate of drug-likeness (QED) is 0.672. The number of thioether (sulfide) groups is 1. The number of nitro benzene ring substituents is 1. The maximum absolute atomic E-state index is 11.7. The van der Waals surface area contributed by atoms with Gasteiger partial charge in [0.15, 0.2) is 0 Å². The van der Waals surface area contributed by atoms with Crippen molar-refractivity contribution >= 4 is 29.0 Å². The largest absolute Gasteiger partial charge is 0.496 e. The predicted octanol–water partition coefficient (Wildman–Crippen LogP) is 2.43. The summed E-state index contributed by atoms with van der Waals surface area (Å²) in [4.78, 5) is 22.9. The van der Waals surface area contributed by atoms with Crippen molar-refractivity contribution in [2.75, 3.05) is 12.4 Å². The van der Waals surface area contributed by atoms with Crippen LogP contribution in [0.1, 0.15) is 13.3 Å². The molecule has 1 unspecified atom stereocenters. The summed E-state index contributed by atoms with van der Waals surface area (Å²) in [6.07, 6.45) is 0.668. The number of methoxy groups -OCH3 is 1. The Hall–Kier alpha value is -1.76. The summed E-state index contributed by atoms with van der Waals surface area (Å²) >= 11 is 1.33. The third kappa shape index (κ3) is 2.13. The molecule has 96 valence electrons. The monoisotopic (exact) mass is 268 g/mol. The molecule has 2 rings (SSSR count). The van der Waals surface area contributed by atoms with Crippen molar-refractivity contribution in [3.05, 3.63) is 22.2 Å². The number of hydrogen-bond acceptors (Lipinski definition) is 5. The molecule has 0 saturated carbocycles. The van der Waals surface area contributed by atoms with E-state index in [-0.39, 0.29) is 22.5 Å². The molecule has 1 N–H and O–H groups in total. The third-order valence-electron chi connectivity index (χ3n) is 2.67. The van der Waals surface area contributed by atoms with Crippen LogP contribution in [-0.2, 0) is 4.79 Å². The number of anilines is 1. The van der Waals surface area contributed by atoms with E-state index in [1.54, 1.807) is 6.07 Å². The zero-order valence-corrected chi connectivity index (χ0v) is 10.7. The van der Waals surface area contributed by atoms with Crippen LogP contribution in [0.3, 0.4) is 0 Å². The topological polar surface area (TPSA) is 81.5 Å². The van der Waals surface area contributed by atoms with Gasteiger partial charge in [-0.05, 0) is 12.5 Å². The molecular weight excluding hydrogens is 256 g/mol. The molecule has 1 heterocycles. The molecule has 0 radical (unpaired) electrons. The number of carbonyl (C=O) groups is 1. The van der Waals surface area contributed by atoms with Crippen LogP contribution in [0.15, 0.2) is 17.0 Å². The van der Waals surface area contributed by atoms with Gasteiger partial charge in [-0.15, -0.1) is 11.8 Å². The lowest BCUT2D eigenvalue weighted by Gasteiger charge is -2.23. The molecule has 1 amide bonds. The van der Waals surface area contributed by atoms with Gasteiger partial charge in [0.1, 0.15) is 11.4 Å². The van der Waals surface area contributed by atoms with Crippen molar-refractivity contribution < 1.29 is 14.5 Å². The van der Waals surface area contributed by atoms with Crippen LogP contribution >= 0.6 is 11.8 Å². The standard InChI is InChI=1S/C11H12N2O4S/c1-3-8-11(14)12-10-7(13(15)16)4-6(17-2)5-9(10)18-8/h4-5,8H,3H2,1-2H3,(H,12,14). The van der Waals surface area contributed by atoms with E-state index in [1.165, 1.54) is 24.9 Å². The first-order valence-corrected chi connectivity index (χ1v) is 6.28. The molecule has 1 aliphatic rings. The minimum absolute atomic E-state index is 0.139. The van der Waals surface area contributed by atoms with E-state index in [2.05, 4.69) is 5.32 Å². The molecule has 1 aromatic rings. The van der Waals surface area contributed by atoms with E-state index in [0.717, 1.165) is 0 Å². The van der Waals surface area contributed by atoms with Crippen LogP contribution < -0.4 is 10.1 Å². The van der Waals surface area contributed by atoms with Gasteiger partial charge in [-0.1, -0.05) is 6.92 Å². The van der Waals surface area contributed by atoms with Crippen molar-refractivity contribution in [3.63, 3.8) is 0 Å². The fourth-order valence-corrected chi connectivity index (χ4v) is 2.83. The number of ether oxygens (including phenoxy) is 1. The van der Waals surface area contributed by atoms with Crippen LogP contribution in [0.2, 0.25) is 0 Å². The minimum Gasteiger partial charge on any atom is -0.496 e. The van der Waals surface area contributed by atoms with Crippen LogP contribution in [-0.4, -0.2) is 23.2 Å². The van der Waals surface area contributed by atoms with E-state index >= 15 is 0 Å². The number of rotatable bonds is 3. The highest BCUT2D eigenvalue weighted by Gasteiger charge is 2.31. The molecule has 0 bridgehead atoms. The van der Waals surface area contributed by atoms with Crippen molar-refractivity contribution in [2.45, 2.75) is 23.5 Å². The first-order chi connectivity index (χ1) is 8.56. The Kier molecular flexibility index (Phi) is 3.42. The summed E-state index contributed by atoms with van der Waals surface area (Å²) in [5.41, 5.74) is 0.125. The Labute approximate surface area is 108 Å². The van der Waals surface area contributed by atoms with Crippen LogP contribution in [0, 0.1) is 10.1 Å². The summed E-state index contributed by atoms with van der Waals surface area (Å²) in [5.74, 6) is 0.224. The number of nitro groups is 1. The summed E-state index contributed by atoms with van der Waals surface area (Å²) in [7, 11) is 1.45. The molecular formula is C11H12N2O4S. The van der Waals surface area contributed by atoms with Gasteiger partial charge in [0.2, 0.25) is 5.91 Å². The molecule has 0 spiro atoms. The number of hydrogen-bond donors (Lipinski definition) is 1. The Balaban J connectivity index is 2.53. The molecule has 0 aromatic heterocycles. The summed E-state index contributed by atoms with van der Waals surface area (Å²) < 4.78 is 5.04. The molecule has 0 saturated heterocycles. The van der Waals surface area contributed by atoms with Gasteiger partial charge in [-0.3, -0.25) is 14.9 Å². The maximum atomic E-state index is 11.7. The molecule has 1 aliphatic heterocycles. The minimum atomic E-state index is -0.519. The molecule has 1 atom stereocenters. The van der Waals surface area contributed by atoms with Gasteiger partial charge in [-0.2, -0.15) is 0 Å². The van der Waals surface area contributed by atoms with Crippen LogP contribution in [0.4, 0.5) is 11.4 Å². The predicted molar refractivity (Wildman–Crippen MR) is 68.2 cm³/mol. The van der Waals surface area contributed by atoms with E-state index in [0.29, 0.717) is 17.1 Å². The number of benzene rings is 1. The summed E-state index contributed by atoms with van der Waals surface area (Å²) in [6.45, 7) is 1.90. The van der Waals surface area contributed by atoms with Gasteiger partial charge in [-0.25, -0.2) is 0 Å². The van der Waals surface area contributed by atoms with Crippen molar-refractivity contribution in [2.24, 2.45) is 0 Å². The van der Waals surface area contributed by atoms with E-state index in [9.17, 15) is 14.9 Å². The van der Waals surface area contributed by atoms with Gasteiger partial charge >= 0.3 is 0 Å². The highest BCUT2D eigenvalue weighted by Crippen LogP contribution is 2.44. The Morgan fingerprint density at radius 2 is 2.28 bits per heavy atom. The molecule has 1 aromatic carbocycles. The SMILES string of the molecule is CCC1Sc2cc(OC)cc([N+](=O)[O-])c2NC1=O. The van der Waals surface area contributed by atoms with Crippen molar-refractivity contribution in [3.8, 4) is 5.75 Å². The number of fused-ring (bicyclic) bond motifs is 1. The lowest BCUT2D eigenvalue weighted by molar-refractivity contribution is -0.384. The number of amides is 1. The molecule has 7 heteroatoms. The average molecular weight is 268 g/mol. The Morgan fingerprint density at radius 3 is 2.83 bits per heavy atom. The van der Waals surface area contributed by atoms with Crippen LogP contribution in [0.5, 0.6) is 5.75 Å². The second kappa shape index (κ2) is 4.85. The van der Waals surface area contributed by atoms with Gasteiger partial charge in [0.25, 0.3) is 5.69 Å². The summed E-state index contributed by atoms with van der Waals surface area (Å²) in [6, 6.07) is 3.01. The zero-order chi connectivity index (χ0) is 13.3.